The van der Waals surface area contributed by atoms with Gasteiger partial charge in [-0.2, -0.15) is 0 Å². The van der Waals surface area contributed by atoms with Crippen LogP contribution in [0.3, 0.4) is 0 Å². The molecule has 0 aliphatic heterocycles. The second kappa shape index (κ2) is 12.5. The molecule has 200 valence electrons. The van der Waals surface area contributed by atoms with Gasteiger partial charge in [-0.25, -0.2) is 0 Å². The van der Waals surface area contributed by atoms with Crippen molar-refractivity contribution in [2.24, 2.45) is 0 Å². The molecule has 0 spiro atoms. The summed E-state index contributed by atoms with van der Waals surface area (Å²) in [6.07, 6.45) is 7.44. The smallest absolute Gasteiger partial charge is 0.204 e. The third-order valence-corrected chi connectivity index (χ3v) is 5.75. The summed E-state index contributed by atoms with van der Waals surface area (Å²) in [7, 11) is 0. The minimum atomic E-state index is -0.530. The topological polar surface area (TPSA) is 111 Å². The quantitative estimate of drug-likeness (QED) is 0.154. The van der Waals surface area contributed by atoms with Gasteiger partial charge in [0.25, 0.3) is 0 Å². The van der Waals surface area contributed by atoms with Crippen LogP contribution in [0.5, 0.6) is 23.0 Å². The maximum absolute atomic E-state index is 13.8. The molecule has 4 N–H and O–H groups in total. The standard InChI is InChI=1S/C28H32O6.C3H8/c1-14(2)7-10-17-20(29)13-21-23(24(17)30)27(33)22-18(11-8-15(3)4)25(31)26(32)19(28(22)34-21)12-9-16(5)6;1-3-2/h7-9,13,29-32H,10-12H2,1-6H3;3H2,1-2H3. The Kier molecular flexibility index (Phi) is 10.0. The summed E-state index contributed by atoms with van der Waals surface area (Å²) in [6.45, 7) is 15.6. The third-order valence-electron chi connectivity index (χ3n) is 5.75. The molecular formula is C31H40O6. The highest BCUT2D eigenvalue weighted by atomic mass is 16.3. The zero-order valence-electron chi connectivity index (χ0n) is 23.2. The van der Waals surface area contributed by atoms with Crippen LogP contribution in [0.15, 0.2) is 50.2 Å². The Morgan fingerprint density at radius 3 is 1.62 bits per heavy atom. The predicted octanol–water partition coefficient (Wildman–Crippen LogP) is 7.71. The molecule has 37 heavy (non-hydrogen) atoms. The lowest BCUT2D eigenvalue weighted by Crippen LogP contribution is -2.09. The van der Waals surface area contributed by atoms with Crippen LogP contribution in [0, 0.1) is 0 Å². The van der Waals surface area contributed by atoms with E-state index in [1.54, 1.807) is 0 Å². The molecule has 6 nitrogen and oxygen atoms in total. The molecule has 0 fully saturated rings. The van der Waals surface area contributed by atoms with Gasteiger partial charge in [0.1, 0.15) is 28.1 Å². The summed E-state index contributed by atoms with van der Waals surface area (Å²) in [5, 5.41) is 43.3. The average molecular weight is 509 g/mol. The first-order valence-corrected chi connectivity index (χ1v) is 12.6. The molecule has 0 bridgehead atoms. The molecule has 6 heteroatoms. The van der Waals surface area contributed by atoms with Gasteiger partial charge in [-0.1, -0.05) is 55.2 Å². The SMILES string of the molecule is CC(C)=CCc1c(O)cc2oc3c(CC=C(C)C)c(O)c(O)c(CC=C(C)C)c3c(=O)c2c1O.CCC. The fraction of sp³-hybridized carbons (Fsp3) is 0.387. The van der Waals surface area contributed by atoms with Gasteiger partial charge in [-0.3, -0.25) is 4.79 Å². The number of rotatable bonds is 6. The average Bonchev–Trinajstić information content (AvgIpc) is 2.79. The zero-order valence-corrected chi connectivity index (χ0v) is 23.2. The van der Waals surface area contributed by atoms with Crippen molar-refractivity contribution in [3.05, 3.63) is 67.9 Å². The number of fused-ring (bicyclic) bond motifs is 2. The van der Waals surface area contributed by atoms with E-state index >= 15 is 0 Å². The zero-order chi connectivity index (χ0) is 28.0. The van der Waals surface area contributed by atoms with E-state index in [1.807, 2.05) is 59.8 Å². The Labute approximate surface area is 218 Å². The lowest BCUT2D eigenvalue weighted by Gasteiger charge is -2.16. The molecule has 0 aliphatic rings. The van der Waals surface area contributed by atoms with E-state index in [2.05, 4.69) is 13.8 Å². The summed E-state index contributed by atoms with van der Waals surface area (Å²) < 4.78 is 6.06. The van der Waals surface area contributed by atoms with Crippen LogP contribution in [-0.2, 0) is 19.3 Å². The van der Waals surface area contributed by atoms with Crippen LogP contribution in [0.2, 0.25) is 0 Å². The van der Waals surface area contributed by atoms with Crippen molar-refractivity contribution in [3.8, 4) is 23.0 Å². The van der Waals surface area contributed by atoms with Crippen LogP contribution in [0.1, 0.15) is 78.5 Å². The minimum absolute atomic E-state index is 0.00477. The van der Waals surface area contributed by atoms with Crippen molar-refractivity contribution < 1.29 is 24.8 Å². The van der Waals surface area contributed by atoms with Crippen LogP contribution in [0.4, 0.5) is 0 Å². The number of benzene rings is 2. The van der Waals surface area contributed by atoms with Crippen molar-refractivity contribution >= 4 is 21.9 Å². The first-order valence-electron chi connectivity index (χ1n) is 12.6. The van der Waals surface area contributed by atoms with Gasteiger partial charge in [-0.05, 0) is 60.8 Å². The van der Waals surface area contributed by atoms with E-state index in [0.717, 1.165) is 16.7 Å². The third kappa shape index (κ3) is 6.56. The molecule has 3 rings (SSSR count). The van der Waals surface area contributed by atoms with Gasteiger partial charge in [0.15, 0.2) is 11.5 Å². The van der Waals surface area contributed by atoms with Gasteiger partial charge < -0.3 is 24.8 Å². The fourth-order valence-corrected chi connectivity index (χ4v) is 3.87. The monoisotopic (exact) mass is 508 g/mol. The molecule has 0 atom stereocenters. The number of hydrogen-bond acceptors (Lipinski definition) is 6. The molecule has 0 amide bonds. The highest BCUT2D eigenvalue weighted by molar-refractivity contribution is 5.99. The second-order valence-electron chi connectivity index (χ2n) is 10.0. The first kappa shape index (κ1) is 29.6. The van der Waals surface area contributed by atoms with E-state index in [1.165, 1.54) is 12.5 Å². The Hall–Kier alpha value is -3.67. The molecule has 1 aromatic heterocycles. The maximum Gasteiger partial charge on any atom is 0.204 e. The predicted molar refractivity (Wildman–Crippen MR) is 152 cm³/mol. The molecule has 0 saturated heterocycles. The Morgan fingerprint density at radius 1 is 0.703 bits per heavy atom. The van der Waals surface area contributed by atoms with E-state index in [9.17, 15) is 25.2 Å². The normalized spacial score (nSPS) is 10.6. The maximum atomic E-state index is 13.8. The minimum Gasteiger partial charge on any atom is -0.507 e. The fourth-order valence-electron chi connectivity index (χ4n) is 3.87. The van der Waals surface area contributed by atoms with E-state index < -0.39 is 5.43 Å². The van der Waals surface area contributed by atoms with E-state index in [0.29, 0.717) is 0 Å². The molecule has 0 aliphatic carbocycles. The largest absolute Gasteiger partial charge is 0.507 e. The number of aromatic hydroxyl groups is 4. The number of phenolic OH excluding ortho intramolecular Hbond substituents is 4. The second-order valence-corrected chi connectivity index (χ2v) is 10.0. The Balaban J connectivity index is 0.00000153. The van der Waals surface area contributed by atoms with Crippen molar-refractivity contribution in [2.75, 3.05) is 0 Å². The summed E-state index contributed by atoms with van der Waals surface area (Å²) in [6, 6.07) is 1.31. The van der Waals surface area contributed by atoms with E-state index in [-0.39, 0.29) is 80.9 Å². The van der Waals surface area contributed by atoms with Gasteiger partial charge in [0.05, 0.1) is 5.39 Å². The molecular weight excluding hydrogens is 468 g/mol. The number of hydrogen-bond donors (Lipinski definition) is 4. The summed E-state index contributed by atoms with van der Waals surface area (Å²) in [4.78, 5) is 13.8. The van der Waals surface area contributed by atoms with Crippen LogP contribution >= 0.6 is 0 Å². The van der Waals surface area contributed by atoms with Crippen LogP contribution in [0.25, 0.3) is 21.9 Å². The molecule has 0 radical (unpaired) electrons. The first-order chi connectivity index (χ1) is 17.3. The lowest BCUT2D eigenvalue weighted by molar-refractivity contribution is 0.397. The highest BCUT2D eigenvalue weighted by Gasteiger charge is 2.25. The van der Waals surface area contributed by atoms with E-state index in [4.69, 9.17) is 4.42 Å². The van der Waals surface area contributed by atoms with Crippen molar-refractivity contribution in [1.29, 1.82) is 0 Å². The van der Waals surface area contributed by atoms with Gasteiger partial charge >= 0.3 is 0 Å². The van der Waals surface area contributed by atoms with Gasteiger partial charge in [0, 0.05) is 22.8 Å². The van der Waals surface area contributed by atoms with Gasteiger partial charge in [-0.15, -0.1) is 0 Å². The molecule has 0 unspecified atom stereocenters. The van der Waals surface area contributed by atoms with Crippen LogP contribution < -0.4 is 5.43 Å². The van der Waals surface area contributed by atoms with Crippen molar-refractivity contribution in [3.63, 3.8) is 0 Å². The van der Waals surface area contributed by atoms with Gasteiger partial charge in [0.2, 0.25) is 5.43 Å². The Morgan fingerprint density at radius 2 is 1.14 bits per heavy atom. The summed E-state index contributed by atoms with van der Waals surface area (Å²) in [5.41, 5.74) is 3.27. The lowest BCUT2D eigenvalue weighted by atomic mass is 9.95. The van der Waals surface area contributed by atoms with Crippen molar-refractivity contribution in [2.45, 2.75) is 81.1 Å². The number of phenols is 4. The van der Waals surface area contributed by atoms with Crippen LogP contribution in [-0.4, -0.2) is 20.4 Å². The molecule has 0 saturated carbocycles. The summed E-state index contributed by atoms with van der Waals surface area (Å²) in [5.74, 6) is -1.27. The molecule has 3 aromatic rings. The van der Waals surface area contributed by atoms with Crippen molar-refractivity contribution in [1.82, 2.24) is 0 Å². The molecule has 1 heterocycles. The number of allylic oxidation sites excluding steroid dienone is 6. The molecule has 2 aromatic carbocycles. The summed E-state index contributed by atoms with van der Waals surface area (Å²) >= 11 is 0. The highest BCUT2D eigenvalue weighted by Crippen LogP contribution is 2.43. The Bertz CT molecular complexity index is 1440.